The summed E-state index contributed by atoms with van der Waals surface area (Å²) in [6.45, 7) is 7.42. The Kier molecular flexibility index (Phi) is 7.56. The summed E-state index contributed by atoms with van der Waals surface area (Å²) in [5, 5.41) is 14.3. The lowest BCUT2D eigenvalue weighted by molar-refractivity contribution is 0.135. The lowest BCUT2D eigenvalue weighted by atomic mass is 10.0. The molecular weight excluding hydrogens is 338 g/mol. The second-order valence-corrected chi connectivity index (χ2v) is 6.20. The van der Waals surface area contributed by atoms with Gasteiger partial charge in [0.05, 0.1) is 24.3 Å². The number of halogens is 1. The van der Waals surface area contributed by atoms with E-state index in [1.165, 1.54) is 0 Å². The van der Waals surface area contributed by atoms with Gasteiger partial charge in [0.25, 0.3) is 0 Å². The lowest BCUT2D eigenvalue weighted by Gasteiger charge is -2.21. The van der Waals surface area contributed by atoms with Crippen LogP contribution in [0.3, 0.4) is 0 Å². The molecule has 0 bridgehead atoms. The highest BCUT2D eigenvalue weighted by Gasteiger charge is 2.17. The largest absolute Gasteiger partial charge is 0.490 e. The summed E-state index contributed by atoms with van der Waals surface area (Å²) in [4.78, 5) is 0. The van der Waals surface area contributed by atoms with Crippen molar-refractivity contribution >= 4 is 11.6 Å². The van der Waals surface area contributed by atoms with Gasteiger partial charge in [0.1, 0.15) is 0 Å². The Bertz CT molecular complexity index is 663. The summed E-state index contributed by atoms with van der Waals surface area (Å²) in [5.74, 6) is 1.22. The molecule has 25 heavy (non-hydrogen) atoms. The molecule has 0 aliphatic carbocycles. The summed E-state index contributed by atoms with van der Waals surface area (Å²) in [6.07, 6.45) is -0.578. The molecule has 4 nitrogen and oxygen atoms in total. The smallest absolute Gasteiger partial charge is 0.179 e. The fraction of sp³-hybridized carbons (Fsp3) is 0.400. The fourth-order valence-corrected chi connectivity index (χ4v) is 2.89. The minimum atomic E-state index is -0.578. The van der Waals surface area contributed by atoms with Crippen molar-refractivity contribution in [3.8, 4) is 11.5 Å². The molecule has 0 amide bonds. The van der Waals surface area contributed by atoms with E-state index in [2.05, 4.69) is 5.32 Å². The Morgan fingerprint density at radius 3 is 2.40 bits per heavy atom. The minimum Gasteiger partial charge on any atom is -0.490 e. The van der Waals surface area contributed by atoms with Crippen molar-refractivity contribution in [2.24, 2.45) is 0 Å². The zero-order valence-corrected chi connectivity index (χ0v) is 15.7. The molecule has 0 fully saturated rings. The molecule has 2 aromatic carbocycles. The summed E-state index contributed by atoms with van der Waals surface area (Å²) < 4.78 is 11.2. The van der Waals surface area contributed by atoms with Gasteiger partial charge in [-0.2, -0.15) is 0 Å². The molecule has 0 spiro atoms. The van der Waals surface area contributed by atoms with E-state index in [1.54, 1.807) is 0 Å². The average molecular weight is 364 g/mol. The third-order valence-corrected chi connectivity index (χ3v) is 4.18. The molecular formula is C20H26ClNO3. The maximum Gasteiger partial charge on any atom is 0.179 e. The van der Waals surface area contributed by atoms with Gasteiger partial charge in [-0.3, -0.25) is 0 Å². The van der Waals surface area contributed by atoms with Gasteiger partial charge in [0.2, 0.25) is 0 Å². The number of rotatable bonds is 9. The molecule has 2 rings (SSSR count). The van der Waals surface area contributed by atoms with E-state index in [-0.39, 0.29) is 6.04 Å². The van der Waals surface area contributed by atoms with E-state index < -0.39 is 6.10 Å². The average Bonchev–Trinajstić information content (AvgIpc) is 2.63. The molecule has 0 heterocycles. The van der Waals surface area contributed by atoms with Gasteiger partial charge in [0.15, 0.2) is 11.5 Å². The monoisotopic (exact) mass is 363 g/mol. The predicted octanol–water partition coefficient (Wildman–Crippen LogP) is 4.35. The second kappa shape index (κ2) is 9.66. The van der Waals surface area contributed by atoms with Crippen LogP contribution in [0.15, 0.2) is 42.5 Å². The Labute approximate surface area is 154 Å². The lowest BCUT2D eigenvalue weighted by Crippen LogP contribution is -2.31. The topological polar surface area (TPSA) is 50.7 Å². The van der Waals surface area contributed by atoms with E-state index in [0.29, 0.717) is 36.3 Å². The number of benzene rings is 2. The molecule has 2 atom stereocenters. The van der Waals surface area contributed by atoms with E-state index in [9.17, 15) is 5.11 Å². The highest BCUT2D eigenvalue weighted by molar-refractivity contribution is 6.32. The van der Waals surface area contributed by atoms with Gasteiger partial charge in [0, 0.05) is 12.6 Å². The molecule has 0 saturated carbocycles. The molecule has 2 aromatic rings. The van der Waals surface area contributed by atoms with E-state index in [1.807, 2.05) is 63.2 Å². The van der Waals surface area contributed by atoms with Crippen LogP contribution in [0.2, 0.25) is 5.02 Å². The van der Waals surface area contributed by atoms with Crippen LogP contribution >= 0.6 is 11.6 Å². The number of ether oxygens (including phenoxy) is 2. The van der Waals surface area contributed by atoms with Crippen LogP contribution in [0.4, 0.5) is 0 Å². The highest BCUT2D eigenvalue weighted by atomic mass is 35.5. The van der Waals surface area contributed by atoms with Crippen LogP contribution < -0.4 is 14.8 Å². The third kappa shape index (κ3) is 5.36. The van der Waals surface area contributed by atoms with Crippen LogP contribution in [-0.2, 0) is 6.54 Å². The Morgan fingerprint density at radius 1 is 1.08 bits per heavy atom. The molecule has 0 saturated heterocycles. The van der Waals surface area contributed by atoms with Crippen LogP contribution in [0.1, 0.15) is 38.0 Å². The first-order valence-corrected chi connectivity index (χ1v) is 8.99. The molecule has 0 aliphatic heterocycles. The first kappa shape index (κ1) is 19.6. The van der Waals surface area contributed by atoms with Crippen LogP contribution in [0.25, 0.3) is 0 Å². The van der Waals surface area contributed by atoms with Crippen LogP contribution in [-0.4, -0.2) is 24.4 Å². The fourth-order valence-electron chi connectivity index (χ4n) is 2.60. The maximum atomic E-state index is 10.4. The minimum absolute atomic E-state index is 0.108. The Hall–Kier alpha value is -1.75. The summed E-state index contributed by atoms with van der Waals surface area (Å²) in [5.41, 5.74) is 1.87. The Balaban J connectivity index is 2.07. The SMILES string of the molecule is CCOc1cc(CN[C@H](C)[C@H](O)c2ccccc2)cc(Cl)c1OCC. The molecule has 0 aliphatic rings. The van der Waals surface area contributed by atoms with Crippen molar-refractivity contribution in [2.45, 2.75) is 39.5 Å². The predicted molar refractivity (Wildman–Crippen MR) is 101 cm³/mol. The van der Waals surface area contributed by atoms with Crippen molar-refractivity contribution < 1.29 is 14.6 Å². The number of nitrogens with one attached hydrogen (secondary N) is 1. The molecule has 2 N–H and O–H groups in total. The van der Waals surface area contributed by atoms with E-state index >= 15 is 0 Å². The van der Waals surface area contributed by atoms with Crippen molar-refractivity contribution in [2.75, 3.05) is 13.2 Å². The number of aliphatic hydroxyl groups excluding tert-OH is 1. The van der Waals surface area contributed by atoms with E-state index in [4.69, 9.17) is 21.1 Å². The number of hydrogen-bond acceptors (Lipinski definition) is 4. The van der Waals surface area contributed by atoms with Gasteiger partial charge in [-0.1, -0.05) is 41.9 Å². The third-order valence-electron chi connectivity index (χ3n) is 3.90. The van der Waals surface area contributed by atoms with Crippen LogP contribution in [0.5, 0.6) is 11.5 Å². The highest BCUT2D eigenvalue weighted by Crippen LogP contribution is 2.36. The zero-order chi connectivity index (χ0) is 18.2. The first-order valence-electron chi connectivity index (χ1n) is 8.61. The summed E-state index contributed by atoms with van der Waals surface area (Å²) >= 11 is 6.34. The molecule has 5 heteroatoms. The maximum absolute atomic E-state index is 10.4. The van der Waals surface area contributed by atoms with Gasteiger partial charge in [-0.15, -0.1) is 0 Å². The number of hydrogen-bond donors (Lipinski definition) is 2. The normalized spacial score (nSPS) is 13.3. The Morgan fingerprint density at radius 2 is 1.76 bits per heavy atom. The molecule has 136 valence electrons. The second-order valence-electron chi connectivity index (χ2n) is 5.80. The van der Waals surface area contributed by atoms with Gasteiger partial charge < -0.3 is 19.9 Å². The van der Waals surface area contributed by atoms with Gasteiger partial charge in [-0.25, -0.2) is 0 Å². The van der Waals surface area contributed by atoms with Crippen molar-refractivity contribution in [3.63, 3.8) is 0 Å². The molecule has 0 unspecified atom stereocenters. The van der Waals surface area contributed by atoms with Crippen molar-refractivity contribution in [1.29, 1.82) is 0 Å². The molecule has 0 radical (unpaired) electrons. The summed E-state index contributed by atoms with van der Waals surface area (Å²) in [7, 11) is 0. The first-order chi connectivity index (χ1) is 12.1. The summed E-state index contributed by atoms with van der Waals surface area (Å²) in [6, 6.07) is 13.3. The van der Waals surface area contributed by atoms with Gasteiger partial charge >= 0.3 is 0 Å². The van der Waals surface area contributed by atoms with Crippen molar-refractivity contribution in [3.05, 3.63) is 58.6 Å². The quantitative estimate of drug-likeness (QED) is 0.695. The van der Waals surface area contributed by atoms with Crippen molar-refractivity contribution in [1.82, 2.24) is 5.32 Å². The molecule has 0 aromatic heterocycles. The number of aliphatic hydroxyl groups is 1. The van der Waals surface area contributed by atoms with Gasteiger partial charge in [-0.05, 0) is 44.0 Å². The standard InChI is InChI=1S/C20H26ClNO3/c1-4-24-18-12-15(11-17(21)20(18)25-5-2)13-22-14(3)19(23)16-9-7-6-8-10-16/h6-12,14,19,22-23H,4-5,13H2,1-3H3/t14-,19+/m1/s1. The van der Waals surface area contributed by atoms with Crippen LogP contribution in [0, 0.1) is 0 Å². The van der Waals surface area contributed by atoms with E-state index in [0.717, 1.165) is 11.1 Å². The zero-order valence-electron chi connectivity index (χ0n) is 15.0.